The fourth-order valence-corrected chi connectivity index (χ4v) is 2.09. The van der Waals surface area contributed by atoms with Gasteiger partial charge in [0.15, 0.2) is 5.82 Å². The second-order valence-electron chi connectivity index (χ2n) is 5.25. The van der Waals surface area contributed by atoms with E-state index < -0.39 is 0 Å². The third kappa shape index (κ3) is 2.47. The van der Waals surface area contributed by atoms with Gasteiger partial charge in [0.2, 0.25) is 5.91 Å². The molecule has 0 aliphatic carbocycles. The number of hydrogen-bond donors (Lipinski definition) is 0. The highest BCUT2D eigenvalue weighted by Gasteiger charge is 2.31. The van der Waals surface area contributed by atoms with Crippen molar-refractivity contribution in [1.82, 2.24) is 15.0 Å². The maximum Gasteiger partial charge on any atom is 0.324 e. The molecular formula is C12H20N4O2. The van der Waals surface area contributed by atoms with Crippen molar-refractivity contribution in [3.8, 4) is 0 Å². The predicted octanol–water partition coefficient (Wildman–Crippen LogP) is 1.11. The molecule has 1 atom stereocenters. The van der Waals surface area contributed by atoms with Gasteiger partial charge in [-0.25, -0.2) is 0 Å². The monoisotopic (exact) mass is 252 g/mol. The van der Waals surface area contributed by atoms with Crippen molar-refractivity contribution >= 4 is 11.9 Å². The molecule has 1 aliphatic heterocycles. The zero-order valence-corrected chi connectivity index (χ0v) is 11.4. The number of amides is 1. The molecule has 1 aromatic heterocycles. The highest BCUT2D eigenvalue weighted by Crippen LogP contribution is 2.24. The highest BCUT2D eigenvalue weighted by molar-refractivity contribution is 5.79. The largest absolute Gasteiger partial charge is 0.349 e. The molecule has 1 amide bonds. The molecular weight excluding hydrogens is 232 g/mol. The summed E-state index contributed by atoms with van der Waals surface area (Å²) in [4.78, 5) is 19.9. The Morgan fingerprint density at radius 3 is 2.78 bits per heavy atom. The average Bonchev–Trinajstić information content (AvgIpc) is 2.96. The molecule has 0 aromatic carbocycles. The van der Waals surface area contributed by atoms with E-state index in [1.165, 1.54) is 0 Å². The summed E-state index contributed by atoms with van der Waals surface area (Å²) in [5, 5.41) is 3.94. The van der Waals surface area contributed by atoms with Crippen molar-refractivity contribution < 1.29 is 9.32 Å². The number of hydrogen-bond acceptors (Lipinski definition) is 5. The molecule has 2 heterocycles. The SMILES string of the molecule is CC(C)c1noc(N2CCC(C(=O)N(C)C)C2)n1. The lowest BCUT2D eigenvalue weighted by atomic mass is 10.1. The summed E-state index contributed by atoms with van der Waals surface area (Å²) < 4.78 is 5.24. The minimum Gasteiger partial charge on any atom is -0.349 e. The Hall–Kier alpha value is -1.59. The van der Waals surface area contributed by atoms with Crippen LogP contribution in [0.3, 0.4) is 0 Å². The molecule has 6 nitrogen and oxygen atoms in total. The number of carbonyl (C=O) groups is 1. The summed E-state index contributed by atoms with van der Waals surface area (Å²) in [5.74, 6) is 1.17. The van der Waals surface area contributed by atoms with Crippen LogP contribution >= 0.6 is 0 Å². The van der Waals surface area contributed by atoms with Gasteiger partial charge in [-0.1, -0.05) is 19.0 Å². The van der Waals surface area contributed by atoms with Crippen LogP contribution in [0.15, 0.2) is 4.52 Å². The van der Waals surface area contributed by atoms with Crippen LogP contribution in [0.25, 0.3) is 0 Å². The fourth-order valence-electron chi connectivity index (χ4n) is 2.09. The Labute approximate surface area is 107 Å². The lowest BCUT2D eigenvalue weighted by Crippen LogP contribution is -2.31. The Morgan fingerprint density at radius 1 is 1.50 bits per heavy atom. The van der Waals surface area contributed by atoms with Gasteiger partial charge in [-0.05, 0) is 6.42 Å². The zero-order chi connectivity index (χ0) is 13.3. The number of nitrogens with zero attached hydrogens (tertiary/aromatic N) is 4. The van der Waals surface area contributed by atoms with Crippen LogP contribution < -0.4 is 4.90 Å². The van der Waals surface area contributed by atoms with Crippen molar-refractivity contribution in [2.75, 3.05) is 32.1 Å². The first kappa shape index (κ1) is 12.9. The molecule has 1 aliphatic rings. The third-order valence-corrected chi connectivity index (χ3v) is 3.20. The summed E-state index contributed by atoms with van der Waals surface area (Å²) in [5.41, 5.74) is 0. The van der Waals surface area contributed by atoms with Crippen molar-refractivity contribution in [3.05, 3.63) is 5.82 Å². The molecule has 1 saturated heterocycles. The Morgan fingerprint density at radius 2 is 2.22 bits per heavy atom. The van der Waals surface area contributed by atoms with E-state index >= 15 is 0 Å². The van der Waals surface area contributed by atoms with Gasteiger partial charge < -0.3 is 14.3 Å². The predicted molar refractivity (Wildman–Crippen MR) is 67.4 cm³/mol. The van der Waals surface area contributed by atoms with Gasteiger partial charge in [0.05, 0.1) is 5.92 Å². The minimum absolute atomic E-state index is 0.0365. The first-order valence-corrected chi connectivity index (χ1v) is 6.28. The van der Waals surface area contributed by atoms with Crippen LogP contribution in [0.4, 0.5) is 6.01 Å². The number of carbonyl (C=O) groups excluding carboxylic acids is 1. The highest BCUT2D eigenvalue weighted by atomic mass is 16.5. The third-order valence-electron chi connectivity index (χ3n) is 3.20. The van der Waals surface area contributed by atoms with Gasteiger partial charge in [0, 0.05) is 33.1 Å². The molecule has 1 fully saturated rings. The topological polar surface area (TPSA) is 62.5 Å². The first-order chi connectivity index (χ1) is 8.49. The quantitative estimate of drug-likeness (QED) is 0.806. The standard InChI is InChI=1S/C12H20N4O2/c1-8(2)10-13-12(18-14-10)16-6-5-9(7-16)11(17)15(3)4/h8-9H,5-7H2,1-4H3. The molecule has 2 rings (SSSR count). The van der Waals surface area contributed by atoms with Gasteiger partial charge in [0.25, 0.3) is 0 Å². The minimum atomic E-state index is 0.0365. The molecule has 100 valence electrons. The smallest absolute Gasteiger partial charge is 0.324 e. The van der Waals surface area contributed by atoms with E-state index in [2.05, 4.69) is 10.1 Å². The van der Waals surface area contributed by atoms with Crippen LogP contribution in [0.5, 0.6) is 0 Å². The van der Waals surface area contributed by atoms with Gasteiger partial charge in [-0.2, -0.15) is 4.98 Å². The van der Waals surface area contributed by atoms with E-state index in [0.29, 0.717) is 18.4 Å². The van der Waals surface area contributed by atoms with E-state index in [4.69, 9.17) is 4.52 Å². The van der Waals surface area contributed by atoms with Gasteiger partial charge in [-0.3, -0.25) is 4.79 Å². The normalized spacial score (nSPS) is 19.6. The molecule has 0 radical (unpaired) electrons. The van der Waals surface area contributed by atoms with Gasteiger partial charge in [0.1, 0.15) is 0 Å². The molecule has 0 saturated carbocycles. The number of aromatic nitrogens is 2. The maximum absolute atomic E-state index is 11.9. The zero-order valence-electron chi connectivity index (χ0n) is 11.4. The van der Waals surface area contributed by atoms with Crippen LogP contribution in [0.2, 0.25) is 0 Å². The number of anilines is 1. The lowest BCUT2D eigenvalue weighted by Gasteiger charge is -2.16. The van der Waals surface area contributed by atoms with Gasteiger partial charge in [-0.15, -0.1) is 0 Å². The van der Waals surface area contributed by atoms with E-state index in [-0.39, 0.29) is 17.7 Å². The summed E-state index contributed by atoms with van der Waals surface area (Å²) >= 11 is 0. The second kappa shape index (κ2) is 4.96. The molecule has 0 N–H and O–H groups in total. The Bertz CT molecular complexity index is 427. The van der Waals surface area contributed by atoms with Gasteiger partial charge >= 0.3 is 6.01 Å². The van der Waals surface area contributed by atoms with Crippen molar-refractivity contribution in [2.45, 2.75) is 26.2 Å². The molecule has 0 spiro atoms. The van der Waals surface area contributed by atoms with Crippen molar-refractivity contribution in [2.24, 2.45) is 5.92 Å². The van der Waals surface area contributed by atoms with Crippen molar-refractivity contribution in [1.29, 1.82) is 0 Å². The van der Waals surface area contributed by atoms with Crippen LogP contribution in [-0.4, -0.2) is 48.1 Å². The molecule has 1 unspecified atom stereocenters. The molecule has 6 heteroatoms. The lowest BCUT2D eigenvalue weighted by molar-refractivity contribution is -0.132. The summed E-state index contributed by atoms with van der Waals surface area (Å²) in [6.07, 6.45) is 0.844. The van der Waals surface area contributed by atoms with E-state index in [1.54, 1.807) is 19.0 Å². The summed E-state index contributed by atoms with van der Waals surface area (Å²) in [7, 11) is 3.57. The van der Waals surface area contributed by atoms with E-state index in [0.717, 1.165) is 13.0 Å². The van der Waals surface area contributed by atoms with Crippen LogP contribution in [0.1, 0.15) is 32.0 Å². The average molecular weight is 252 g/mol. The fraction of sp³-hybridized carbons (Fsp3) is 0.750. The Balaban J connectivity index is 2.02. The van der Waals surface area contributed by atoms with E-state index in [1.807, 2.05) is 18.7 Å². The van der Waals surface area contributed by atoms with E-state index in [9.17, 15) is 4.79 Å². The molecule has 1 aromatic rings. The Kier molecular flexibility index (Phi) is 3.54. The van der Waals surface area contributed by atoms with Crippen LogP contribution in [-0.2, 0) is 4.79 Å². The maximum atomic E-state index is 11.9. The number of rotatable bonds is 3. The first-order valence-electron chi connectivity index (χ1n) is 6.28. The van der Waals surface area contributed by atoms with Crippen molar-refractivity contribution in [3.63, 3.8) is 0 Å². The summed E-state index contributed by atoms with van der Waals surface area (Å²) in [6, 6.07) is 0.535. The second-order valence-corrected chi connectivity index (χ2v) is 5.25. The molecule has 18 heavy (non-hydrogen) atoms. The molecule has 0 bridgehead atoms. The van der Waals surface area contributed by atoms with Crippen LogP contribution in [0, 0.1) is 5.92 Å². The summed E-state index contributed by atoms with van der Waals surface area (Å²) in [6.45, 7) is 5.51.